The van der Waals surface area contributed by atoms with Crippen LogP contribution in [0.1, 0.15) is 28.8 Å². The highest BCUT2D eigenvalue weighted by atomic mass is 16.5. The number of carboxylic acids is 1. The molecule has 0 saturated heterocycles. The van der Waals surface area contributed by atoms with E-state index in [2.05, 4.69) is 10.6 Å². The van der Waals surface area contributed by atoms with Crippen molar-refractivity contribution < 1.29 is 24.2 Å². The molecule has 0 unspecified atom stereocenters. The monoisotopic (exact) mass is 463 g/mol. The smallest absolute Gasteiger partial charge is 0.407 e. The highest BCUT2D eigenvalue weighted by molar-refractivity contribution is 6.00. The summed E-state index contributed by atoms with van der Waals surface area (Å²) in [6.07, 6.45) is -0.0453. The summed E-state index contributed by atoms with van der Waals surface area (Å²) < 4.78 is 5.12. The molecule has 3 N–H and O–H groups in total. The van der Waals surface area contributed by atoms with E-state index in [0.717, 1.165) is 22.0 Å². The first-order valence-electron chi connectivity index (χ1n) is 11.0. The molecule has 0 aliphatic rings. The first-order chi connectivity index (χ1) is 16.3. The van der Waals surface area contributed by atoms with Gasteiger partial charge in [-0.15, -0.1) is 0 Å². The molecule has 3 aromatic carbocycles. The molecule has 0 radical (unpaired) electrons. The molecule has 0 aliphatic carbocycles. The van der Waals surface area contributed by atoms with Crippen molar-refractivity contribution in [2.24, 2.45) is 0 Å². The normalized spacial score (nSPS) is 11.5. The Morgan fingerprint density at radius 2 is 1.68 bits per heavy atom. The number of aliphatic carboxylic acids is 1. The minimum Gasteiger partial charge on any atom is -0.480 e. The van der Waals surface area contributed by atoms with Gasteiger partial charge in [-0.25, -0.2) is 9.59 Å². The maximum absolute atomic E-state index is 12.7. The molecule has 0 aromatic heterocycles. The van der Waals surface area contributed by atoms with Gasteiger partial charge in [0.1, 0.15) is 12.6 Å². The molecule has 8 nitrogen and oxygen atoms in total. The number of hydrogen-bond donors (Lipinski definition) is 3. The lowest BCUT2D eigenvalue weighted by Gasteiger charge is -2.16. The van der Waals surface area contributed by atoms with Gasteiger partial charge in [-0.1, -0.05) is 42.5 Å². The molecule has 0 fully saturated rings. The molecule has 0 aliphatic heterocycles. The van der Waals surface area contributed by atoms with Gasteiger partial charge in [-0.2, -0.15) is 0 Å². The minimum atomic E-state index is -1.13. The second-order valence-corrected chi connectivity index (χ2v) is 8.14. The molecule has 3 rings (SSSR count). The van der Waals surface area contributed by atoms with Crippen molar-refractivity contribution >= 4 is 34.4 Å². The van der Waals surface area contributed by atoms with Gasteiger partial charge < -0.3 is 25.4 Å². The number of anilines is 1. The van der Waals surface area contributed by atoms with Crippen LogP contribution in [0.3, 0.4) is 0 Å². The fourth-order valence-electron chi connectivity index (χ4n) is 3.42. The highest BCUT2D eigenvalue weighted by Gasteiger charge is 2.20. The number of alkyl carbamates (subject to hydrolysis) is 1. The Balaban J connectivity index is 1.48. The van der Waals surface area contributed by atoms with Crippen LogP contribution in [0.2, 0.25) is 0 Å². The van der Waals surface area contributed by atoms with Crippen LogP contribution in [0.25, 0.3) is 10.8 Å². The Morgan fingerprint density at radius 1 is 0.971 bits per heavy atom. The molecule has 0 bridgehead atoms. The zero-order valence-electron chi connectivity index (χ0n) is 19.3. The van der Waals surface area contributed by atoms with E-state index in [9.17, 15) is 19.5 Å². The van der Waals surface area contributed by atoms with Gasteiger partial charge in [0.15, 0.2) is 0 Å². The average molecular weight is 464 g/mol. The topological polar surface area (TPSA) is 108 Å². The predicted molar refractivity (Wildman–Crippen MR) is 131 cm³/mol. The first-order valence-corrected chi connectivity index (χ1v) is 11.0. The summed E-state index contributed by atoms with van der Waals surface area (Å²) in [5, 5.41) is 16.6. The first kappa shape index (κ1) is 24.6. The molecule has 3 aromatic rings. The third kappa shape index (κ3) is 6.96. The largest absolute Gasteiger partial charge is 0.480 e. The van der Waals surface area contributed by atoms with Crippen molar-refractivity contribution in [3.8, 4) is 0 Å². The SMILES string of the molecule is CN(C)c1ccc2cc(C(=O)N[C@@H](CCCNC(=O)OCc3ccccc3)C(=O)O)ccc2c1. The van der Waals surface area contributed by atoms with Crippen LogP contribution in [0.5, 0.6) is 0 Å². The van der Waals surface area contributed by atoms with Gasteiger partial charge in [0.05, 0.1) is 0 Å². The highest BCUT2D eigenvalue weighted by Crippen LogP contribution is 2.22. The van der Waals surface area contributed by atoms with Crippen LogP contribution >= 0.6 is 0 Å². The molecule has 34 heavy (non-hydrogen) atoms. The number of fused-ring (bicyclic) bond motifs is 1. The van der Waals surface area contributed by atoms with Gasteiger partial charge in [-0.05, 0) is 53.4 Å². The molecule has 1 atom stereocenters. The molecule has 0 saturated carbocycles. The number of carbonyl (C=O) groups is 3. The summed E-state index contributed by atoms with van der Waals surface area (Å²) >= 11 is 0. The fraction of sp³-hybridized carbons (Fsp3) is 0.269. The Kier molecular flexibility index (Phi) is 8.45. The standard InChI is InChI=1S/C26H29N3O5/c1-29(2)22-13-12-19-15-21(11-10-20(19)16-22)24(30)28-23(25(31)32)9-6-14-27-26(33)34-17-18-7-4-3-5-8-18/h3-5,7-8,10-13,15-16,23H,6,9,14,17H2,1-2H3,(H,27,33)(H,28,30)(H,31,32)/t23-/m0/s1. The number of ether oxygens (including phenoxy) is 1. The van der Waals surface area contributed by atoms with E-state index in [1.807, 2.05) is 73.6 Å². The second kappa shape index (κ2) is 11.7. The zero-order chi connectivity index (χ0) is 24.5. The van der Waals surface area contributed by atoms with Crippen molar-refractivity contribution in [2.75, 3.05) is 25.5 Å². The van der Waals surface area contributed by atoms with Gasteiger partial charge in [-0.3, -0.25) is 4.79 Å². The molecular formula is C26H29N3O5. The Morgan fingerprint density at radius 3 is 2.38 bits per heavy atom. The molecular weight excluding hydrogens is 434 g/mol. The number of benzene rings is 3. The number of rotatable bonds is 10. The van der Waals surface area contributed by atoms with Crippen LogP contribution in [0.4, 0.5) is 10.5 Å². The molecule has 0 heterocycles. The number of nitrogens with one attached hydrogen (secondary N) is 2. The Hall–Kier alpha value is -4.07. The van der Waals surface area contributed by atoms with Gasteiger partial charge in [0.25, 0.3) is 5.91 Å². The average Bonchev–Trinajstić information content (AvgIpc) is 2.84. The Labute approximate surface area is 198 Å². The minimum absolute atomic E-state index is 0.155. The summed E-state index contributed by atoms with van der Waals surface area (Å²) in [5.41, 5.74) is 2.31. The quantitative estimate of drug-likeness (QED) is 0.395. The molecule has 8 heteroatoms. The lowest BCUT2D eigenvalue weighted by atomic mass is 10.0. The van der Waals surface area contributed by atoms with Crippen LogP contribution < -0.4 is 15.5 Å². The maximum atomic E-state index is 12.7. The van der Waals surface area contributed by atoms with Gasteiger partial charge >= 0.3 is 12.1 Å². The van der Waals surface area contributed by atoms with E-state index in [0.29, 0.717) is 12.0 Å². The van der Waals surface area contributed by atoms with Crippen LogP contribution in [0.15, 0.2) is 66.7 Å². The number of nitrogens with zero attached hydrogens (tertiary/aromatic N) is 1. The van der Waals surface area contributed by atoms with Crippen LogP contribution in [0, 0.1) is 0 Å². The van der Waals surface area contributed by atoms with Crippen LogP contribution in [-0.2, 0) is 16.1 Å². The van der Waals surface area contributed by atoms with E-state index in [1.165, 1.54) is 0 Å². The second-order valence-electron chi connectivity index (χ2n) is 8.14. The molecule has 2 amide bonds. The fourth-order valence-corrected chi connectivity index (χ4v) is 3.42. The van der Waals surface area contributed by atoms with E-state index in [4.69, 9.17) is 4.74 Å². The molecule has 178 valence electrons. The third-order valence-corrected chi connectivity index (χ3v) is 5.36. The van der Waals surface area contributed by atoms with E-state index in [1.54, 1.807) is 12.1 Å². The van der Waals surface area contributed by atoms with E-state index >= 15 is 0 Å². The summed E-state index contributed by atoms with van der Waals surface area (Å²) in [6.45, 7) is 0.389. The molecule has 0 spiro atoms. The van der Waals surface area contributed by atoms with Crippen molar-refractivity contribution in [3.63, 3.8) is 0 Å². The lowest BCUT2D eigenvalue weighted by molar-refractivity contribution is -0.139. The summed E-state index contributed by atoms with van der Waals surface area (Å²) in [6, 6.07) is 19.4. The summed E-state index contributed by atoms with van der Waals surface area (Å²) in [4.78, 5) is 38.1. The van der Waals surface area contributed by atoms with Crippen molar-refractivity contribution in [1.82, 2.24) is 10.6 Å². The summed E-state index contributed by atoms with van der Waals surface area (Å²) in [5.74, 6) is -1.59. The van der Waals surface area contributed by atoms with E-state index < -0.39 is 24.0 Å². The van der Waals surface area contributed by atoms with E-state index in [-0.39, 0.29) is 19.6 Å². The Bertz CT molecular complexity index is 1150. The number of hydrogen-bond acceptors (Lipinski definition) is 5. The number of amides is 2. The van der Waals surface area contributed by atoms with Crippen molar-refractivity contribution in [1.29, 1.82) is 0 Å². The number of carbonyl (C=O) groups excluding carboxylic acids is 2. The van der Waals surface area contributed by atoms with Gasteiger partial charge in [0, 0.05) is 31.9 Å². The van der Waals surface area contributed by atoms with Crippen molar-refractivity contribution in [2.45, 2.75) is 25.5 Å². The predicted octanol–water partition coefficient (Wildman–Crippen LogP) is 3.80. The lowest BCUT2D eigenvalue weighted by Crippen LogP contribution is -2.41. The van der Waals surface area contributed by atoms with Crippen LogP contribution in [-0.4, -0.2) is 49.8 Å². The maximum Gasteiger partial charge on any atom is 0.407 e. The van der Waals surface area contributed by atoms with Crippen molar-refractivity contribution in [3.05, 3.63) is 77.9 Å². The third-order valence-electron chi connectivity index (χ3n) is 5.36. The van der Waals surface area contributed by atoms with Gasteiger partial charge in [0.2, 0.25) is 0 Å². The summed E-state index contributed by atoms with van der Waals surface area (Å²) in [7, 11) is 3.91. The number of carboxylic acid groups (broad SMARTS) is 1. The zero-order valence-corrected chi connectivity index (χ0v) is 19.3.